The van der Waals surface area contributed by atoms with Crippen LogP contribution >= 0.6 is 23.1 Å². The Morgan fingerprint density at radius 3 is 2.34 bits per heavy atom. The van der Waals surface area contributed by atoms with Crippen LogP contribution in [0.5, 0.6) is 0 Å². The molecule has 4 rings (SSSR count). The molecule has 1 amide bonds. The summed E-state index contributed by atoms with van der Waals surface area (Å²) in [5.41, 5.74) is 2.45. The van der Waals surface area contributed by atoms with Crippen LogP contribution in [0.2, 0.25) is 0 Å². The number of benzene rings is 2. The molecule has 1 aliphatic heterocycles. The quantitative estimate of drug-likeness (QED) is 0.297. The first-order chi connectivity index (χ1) is 19.7. The summed E-state index contributed by atoms with van der Waals surface area (Å²) in [6.07, 6.45) is 1.11. The van der Waals surface area contributed by atoms with Crippen LogP contribution in [0.3, 0.4) is 0 Å². The highest BCUT2D eigenvalue weighted by Crippen LogP contribution is 2.34. The summed E-state index contributed by atoms with van der Waals surface area (Å²) in [6, 6.07) is 20.1. The van der Waals surface area contributed by atoms with E-state index in [2.05, 4.69) is 16.8 Å². The summed E-state index contributed by atoms with van der Waals surface area (Å²) >= 11 is 3.26. The van der Waals surface area contributed by atoms with E-state index in [9.17, 15) is 14.4 Å². The zero-order valence-corrected chi connectivity index (χ0v) is 25.4. The SMILES string of the molecule is CC(C)(C)OC(=O)CN1CC(c2ccsc2)SCC(NC(CCc2ccccc2)C(=O)OCc2ccccc2)C1=O. The predicted molar refractivity (Wildman–Crippen MR) is 164 cm³/mol. The molecule has 0 saturated carbocycles. The van der Waals surface area contributed by atoms with Crippen molar-refractivity contribution in [1.82, 2.24) is 10.2 Å². The summed E-state index contributed by atoms with van der Waals surface area (Å²) in [7, 11) is 0. The molecule has 0 radical (unpaired) electrons. The lowest BCUT2D eigenvalue weighted by Crippen LogP contribution is -2.54. The maximum atomic E-state index is 13.9. The summed E-state index contributed by atoms with van der Waals surface area (Å²) < 4.78 is 11.2. The average molecular weight is 595 g/mol. The lowest BCUT2D eigenvalue weighted by Gasteiger charge is -2.28. The zero-order valence-electron chi connectivity index (χ0n) is 23.8. The minimum atomic E-state index is -0.699. The van der Waals surface area contributed by atoms with Crippen molar-refractivity contribution in [2.75, 3.05) is 18.8 Å². The van der Waals surface area contributed by atoms with Crippen LogP contribution < -0.4 is 5.32 Å². The molecule has 0 aliphatic carbocycles. The molecule has 1 fully saturated rings. The van der Waals surface area contributed by atoms with Crippen molar-refractivity contribution in [3.05, 3.63) is 94.2 Å². The van der Waals surface area contributed by atoms with Crippen molar-refractivity contribution in [3.63, 3.8) is 0 Å². The van der Waals surface area contributed by atoms with Gasteiger partial charge in [0.1, 0.15) is 24.8 Å². The van der Waals surface area contributed by atoms with Gasteiger partial charge in [-0.1, -0.05) is 60.7 Å². The Balaban J connectivity index is 1.51. The van der Waals surface area contributed by atoms with Crippen LogP contribution in [0.1, 0.15) is 49.1 Å². The number of carbonyl (C=O) groups excluding carboxylic acids is 3. The van der Waals surface area contributed by atoms with Gasteiger partial charge in [-0.3, -0.25) is 19.7 Å². The van der Waals surface area contributed by atoms with Crippen molar-refractivity contribution in [3.8, 4) is 0 Å². The molecule has 3 atom stereocenters. The number of nitrogens with zero attached hydrogens (tertiary/aromatic N) is 1. The molecule has 3 aromatic rings. The fraction of sp³-hybridized carbons (Fsp3) is 0.406. The lowest BCUT2D eigenvalue weighted by molar-refractivity contribution is -0.159. The zero-order chi connectivity index (χ0) is 29.2. The molecule has 3 unspecified atom stereocenters. The van der Waals surface area contributed by atoms with E-state index in [0.717, 1.165) is 16.7 Å². The third-order valence-electron chi connectivity index (χ3n) is 6.59. The summed E-state index contributed by atoms with van der Waals surface area (Å²) in [5.74, 6) is -0.622. The van der Waals surface area contributed by atoms with Crippen LogP contribution in [0.4, 0.5) is 0 Å². The summed E-state index contributed by atoms with van der Waals surface area (Å²) in [5, 5.41) is 7.43. The Hall–Kier alpha value is -3.14. The largest absolute Gasteiger partial charge is 0.460 e. The van der Waals surface area contributed by atoms with E-state index in [1.54, 1.807) is 28.0 Å². The van der Waals surface area contributed by atoms with Crippen LogP contribution in [0.15, 0.2) is 77.5 Å². The molecule has 1 aliphatic rings. The van der Waals surface area contributed by atoms with E-state index in [4.69, 9.17) is 9.47 Å². The van der Waals surface area contributed by atoms with Crippen molar-refractivity contribution in [2.45, 2.75) is 63.2 Å². The van der Waals surface area contributed by atoms with Crippen LogP contribution in [0.25, 0.3) is 0 Å². The highest BCUT2D eigenvalue weighted by molar-refractivity contribution is 7.99. The molecule has 0 bridgehead atoms. The molecule has 9 heteroatoms. The Morgan fingerprint density at radius 2 is 1.71 bits per heavy atom. The summed E-state index contributed by atoms with van der Waals surface area (Å²) in [4.78, 5) is 41.6. The van der Waals surface area contributed by atoms with E-state index >= 15 is 0 Å². The number of esters is 2. The first-order valence-electron chi connectivity index (χ1n) is 13.8. The van der Waals surface area contributed by atoms with Crippen molar-refractivity contribution in [2.24, 2.45) is 0 Å². The monoisotopic (exact) mass is 594 g/mol. The average Bonchev–Trinajstić information content (AvgIpc) is 3.44. The van der Waals surface area contributed by atoms with Gasteiger partial charge in [0.15, 0.2) is 0 Å². The Bertz CT molecular complexity index is 1260. The molecule has 0 spiro atoms. The van der Waals surface area contributed by atoms with E-state index in [-0.39, 0.29) is 24.3 Å². The number of thiophene rings is 1. The molecule has 2 aromatic carbocycles. The minimum Gasteiger partial charge on any atom is -0.460 e. The molecule has 2 heterocycles. The number of ether oxygens (including phenoxy) is 2. The van der Waals surface area contributed by atoms with Gasteiger partial charge in [-0.2, -0.15) is 11.3 Å². The lowest BCUT2D eigenvalue weighted by atomic mass is 10.0. The molecule has 41 heavy (non-hydrogen) atoms. The van der Waals surface area contributed by atoms with Gasteiger partial charge in [0.25, 0.3) is 0 Å². The molecule has 7 nitrogen and oxygen atoms in total. The summed E-state index contributed by atoms with van der Waals surface area (Å²) in [6.45, 7) is 5.81. The number of nitrogens with one attached hydrogen (secondary N) is 1. The third-order valence-corrected chi connectivity index (χ3v) is 8.64. The van der Waals surface area contributed by atoms with Crippen molar-refractivity contribution >= 4 is 40.9 Å². The highest BCUT2D eigenvalue weighted by atomic mass is 32.2. The van der Waals surface area contributed by atoms with Gasteiger partial charge in [-0.25, -0.2) is 0 Å². The third kappa shape index (κ3) is 9.73. The predicted octanol–water partition coefficient (Wildman–Crippen LogP) is 5.41. The second-order valence-corrected chi connectivity index (χ2v) is 13.1. The number of aryl methyl sites for hydroxylation is 1. The maximum Gasteiger partial charge on any atom is 0.326 e. The highest BCUT2D eigenvalue weighted by Gasteiger charge is 2.36. The topological polar surface area (TPSA) is 84.9 Å². The van der Waals surface area contributed by atoms with Crippen LogP contribution in [-0.4, -0.2) is 59.3 Å². The second-order valence-electron chi connectivity index (χ2n) is 11.1. The van der Waals surface area contributed by atoms with Gasteiger partial charge in [-0.15, -0.1) is 11.8 Å². The van der Waals surface area contributed by atoms with Gasteiger partial charge >= 0.3 is 11.9 Å². The molecule has 1 aromatic heterocycles. The van der Waals surface area contributed by atoms with Crippen LogP contribution in [0, 0.1) is 0 Å². The fourth-order valence-electron chi connectivity index (χ4n) is 4.60. The fourth-order valence-corrected chi connectivity index (χ4v) is 6.68. The van der Waals surface area contributed by atoms with Gasteiger partial charge in [0.2, 0.25) is 5.91 Å². The molecular formula is C32H38N2O5S2. The van der Waals surface area contributed by atoms with E-state index in [1.807, 2.05) is 86.8 Å². The molecular weight excluding hydrogens is 556 g/mol. The van der Waals surface area contributed by atoms with Crippen LogP contribution in [-0.2, 0) is 36.9 Å². The second kappa shape index (κ2) is 14.7. The van der Waals surface area contributed by atoms with Gasteiger partial charge in [0.05, 0.1) is 6.04 Å². The van der Waals surface area contributed by atoms with Crippen molar-refractivity contribution < 1.29 is 23.9 Å². The molecule has 1 saturated heterocycles. The van der Waals surface area contributed by atoms with E-state index in [0.29, 0.717) is 25.1 Å². The molecule has 218 valence electrons. The van der Waals surface area contributed by atoms with Gasteiger partial charge in [-0.05, 0) is 67.1 Å². The minimum absolute atomic E-state index is 0.00670. The van der Waals surface area contributed by atoms with Gasteiger partial charge in [0, 0.05) is 17.5 Å². The Morgan fingerprint density at radius 1 is 1.02 bits per heavy atom. The van der Waals surface area contributed by atoms with Crippen molar-refractivity contribution in [1.29, 1.82) is 0 Å². The number of rotatable bonds is 11. The van der Waals surface area contributed by atoms with E-state index < -0.39 is 29.6 Å². The maximum absolute atomic E-state index is 13.9. The number of thioether (sulfide) groups is 1. The first-order valence-corrected chi connectivity index (χ1v) is 15.8. The number of hydrogen-bond donors (Lipinski definition) is 1. The Kier molecular flexibility index (Phi) is 11.0. The Labute approximate surface area is 250 Å². The normalized spacial score (nSPS) is 18.4. The first kappa shape index (κ1) is 30.8. The smallest absolute Gasteiger partial charge is 0.326 e. The molecule has 1 N–H and O–H groups in total. The standard InChI is InChI=1S/C32H38N2O5S2/c1-32(2,3)39-29(35)19-34-18-28(25-16-17-40-21-25)41-22-27(30(34)36)33-26(15-14-23-10-6-4-7-11-23)31(37)38-20-24-12-8-5-9-13-24/h4-13,16-17,21,26-28,33H,14-15,18-20,22H2,1-3H3. The van der Waals surface area contributed by atoms with E-state index in [1.165, 1.54) is 0 Å². The number of carbonyl (C=O) groups is 3. The number of hydrogen-bond acceptors (Lipinski definition) is 8. The van der Waals surface area contributed by atoms with Gasteiger partial charge < -0.3 is 14.4 Å². The number of amides is 1.